The van der Waals surface area contributed by atoms with Crippen LogP contribution in [-0.2, 0) is 0 Å². The molecule has 0 aliphatic heterocycles. The molecule has 1 rings (SSSR count). The zero-order chi connectivity index (χ0) is 9.90. The molecule has 0 aliphatic rings. The average Bonchev–Trinajstić information content (AvgIpc) is 2.00. The third-order valence-corrected chi connectivity index (χ3v) is 1.60. The van der Waals surface area contributed by atoms with Gasteiger partial charge in [-0.25, -0.2) is 9.97 Å². The van der Waals surface area contributed by atoms with E-state index < -0.39 is 0 Å². The van der Waals surface area contributed by atoms with Crippen LogP contribution in [0.4, 0.5) is 5.82 Å². The molecule has 3 heteroatoms. The van der Waals surface area contributed by atoms with E-state index in [1.54, 1.807) is 6.33 Å². The van der Waals surface area contributed by atoms with Crippen molar-refractivity contribution in [2.24, 2.45) is 5.41 Å². The van der Waals surface area contributed by atoms with Gasteiger partial charge in [-0.3, -0.25) is 0 Å². The summed E-state index contributed by atoms with van der Waals surface area (Å²) in [6, 6.07) is 1.95. The van der Waals surface area contributed by atoms with E-state index in [1.807, 2.05) is 13.0 Å². The monoisotopic (exact) mass is 179 g/mol. The van der Waals surface area contributed by atoms with Crippen LogP contribution in [0, 0.1) is 12.3 Å². The quantitative estimate of drug-likeness (QED) is 0.756. The molecule has 0 saturated heterocycles. The van der Waals surface area contributed by atoms with Crippen LogP contribution in [0.1, 0.15) is 26.5 Å². The van der Waals surface area contributed by atoms with E-state index in [9.17, 15) is 0 Å². The van der Waals surface area contributed by atoms with Gasteiger partial charge in [-0.2, -0.15) is 0 Å². The highest BCUT2D eigenvalue weighted by molar-refractivity contribution is 5.34. The largest absolute Gasteiger partial charge is 0.369 e. The van der Waals surface area contributed by atoms with E-state index in [0.29, 0.717) is 0 Å². The molecule has 1 N–H and O–H groups in total. The number of nitrogens with one attached hydrogen (secondary N) is 1. The highest BCUT2D eigenvalue weighted by Crippen LogP contribution is 2.13. The summed E-state index contributed by atoms with van der Waals surface area (Å²) in [6.45, 7) is 9.45. The van der Waals surface area contributed by atoms with Gasteiger partial charge < -0.3 is 5.32 Å². The van der Waals surface area contributed by atoms with Gasteiger partial charge in [0.25, 0.3) is 0 Å². The van der Waals surface area contributed by atoms with E-state index in [-0.39, 0.29) is 5.41 Å². The van der Waals surface area contributed by atoms with Gasteiger partial charge in [0, 0.05) is 18.3 Å². The molecule has 0 aromatic carbocycles. The molecule has 0 amide bonds. The molecule has 72 valence electrons. The van der Waals surface area contributed by atoms with Crippen molar-refractivity contribution in [3.05, 3.63) is 18.1 Å². The van der Waals surface area contributed by atoms with Crippen LogP contribution >= 0.6 is 0 Å². The van der Waals surface area contributed by atoms with E-state index >= 15 is 0 Å². The lowest BCUT2D eigenvalue weighted by molar-refractivity contribution is 0.442. The maximum atomic E-state index is 4.12. The van der Waals surface area contributed by atoms with Gasteiger partial charge >= 0.3 is 0 Å². The van der Waals surface area contributed by atoms with Gasteiger partial charge in [0.1, 0.15) is 12.1 Å². The second kappa shape index (κ2) is 3.73. The number of hydrogen-bond donors (Lipinski definition) is 1. The molecule has 0 unspecified atom stereocenters. The van der Waals surface area contributed by atoms with Gasteiger partial charge in [-0.1, -0.05) is 20.8 Å². The molecule has 1 aromatic rings. The van der Waals surface area contributed by atoms with E-state index in [4.69, 9.17) is 0 Å². The lowest BCUT2D eigenvalue weighted by Crippen LogP contribution is -2.19. The maximum absolute atomic E-state index is 4.12. The van der Waals surface area contributed by atoms with Crippen LogP contribution in [0.5, 0.6) is 0 Å². The number of hydrogen-bond acceptors (Lipinski definition) is 3. The zero-order valence-electron chi connectivity index (χ0n) is 8.76. The van der Waals surface area contributed by atoms with Gasteiger partial charge in [-0.05, 0) is 12.3 Å². The molecule has 0 atom stereocenters. The Labute approximate surface area is 79.6 Å². The van der Waals surface area contributed by atoms with Crippen molar-refractivity contribution in [2.45, 2.75) is 27.7 Å². The molecule has 0 fully saturated rings. The number of aryl methyl sites for hydroxylation is 1. The molecule has 0 spiro atoms. The predicted octanol–water partition coefficient (Wildman–Crippen LogP) is 2.24. The Morgan fingerprint density at radius 2 is 2.00 bits per heavy atom. The first kappa shape index (κ1) is 9.96. The Bertz CT molecular complexity index is 276. The minimum Gasteiger partial charge on any atom is -0.369 e. The van der Waals surface area contributed by atoms with Gasteiger partial charge in [0.2, 0.25) is 0 Å². The molecule has 1 heterocycles. The van der Waals surface area contributed by atoms with Crippen molar-refractivity contribution in [3.63, 3.8) is 0 Å². The summed E-state index contributed by atoms with van der Waals surface area (Å²) in [5.41, 5.74) is 1.27. The molecule has 0 radical (unpaired) electrons. The van der Waals surface area contributed by atoms with E-state index in [0.717, 1.165) is 18.1 Å². The second-order valence-electron chi connectivity index (χ2n) is 4.46. The lowest BCUT2D eigenvalue weighted by atomic mass is 9.97. The zero-order valence-corrected chi connectivity index (χ0v) is 8.76. The SMILES string of the molecule is Cc1cc(NCC(C)(C)C)ncn1. The van der Waals surface area contributed by atoms with Crippen LogP contribution in [0.15, 0.2) is 12.4 Å². The molecule has 1 aromatic heterocycles. The Kier molecular flexibility index (Phi) is 2.86. The van der Waals surface area contributed by atoms with Crippen LogP contribution in [0.2, 0.25) is 0 Å². The van der Waals surface area contributed by atoms with Crippen LogP contribution in [0.25, 0.3) is 0 Å². The third kappa shape index (κ3) is 3.87. The Morgan fingerprint density at radius 1 is 1.31 bits per heavy atom. The molecule has 3 nitrogen and oxygen atoms in total. The molecule has 0 saturated carbocycles. The van der Waals surface area contributed by atoms with Crippen molar-refractivity contribution in [1.29, 1.82) is 0 Å². The first-order chi connectivity index (χ1) is 5.97. The Morgan fingerprint density at radius 3 is 2.54 bits per heavy atom. The highest BCUT2D eigenvalue weighted by atomic mass is 15.0. The Balaban J connectivity index is 2.55. The number of nitrogens with zero attached hydrogens (tertiary/aromatic N) is 2. The van der Waals surface area contributed by atoms with Gasteiger partial charge in [0.05, 0.1) is 0 Å². The number of rotatable bonds is 2. The summed E-state index contributed by atoms with van der Waals surface area (Å²) in [7, 11) is 0. The summed E-state index contributed by atoms with van der Waals surface area (Å²) >= 11 is 0. The number of anilines is 1. The van der Waals surface area contributed by atoms with Crippen molar-refractivity contribution in [1.82, 2.24) is 9.97 Å². The predicted molar refractivity (Wildman–Crippen MR) is 54.7 cm³/mol. The topological polar surface area (TPSA) is 37.8 Å². The minimum absolute atomic E-state index is 0.277. The van der Waals surface area contributed by atoms with Crippen LogP contribution in [0.3, 0.4) is 0 Å². The van der Waals surface area contributed by atoms with Crippen molar-refractivity contribution in [3.8, 4) is 0 Å². The molecule has 13 heavy (non-hydrogen) atoms. The highest BCUT2D eigenvalue weighted by Gasteiger charge is 2.09. The summed E-state index contributed by atoms with van der Waals surface area (Å²) in [5.74, 6) is 0.905. The van der Waals surface area contributed by atoms with Crippen LogP contribution < -0.4 is 5.32 Å². The normalized spacial score (nSPS) is 11.4. The standard InChI is InChI=1S/C10H17N3/c1-8-5-9(13-7-12-8)11-6-10(2,3)4/h5,7H,6H2,1-4H3,(H,11,12,13). The Hall–Kier alpha value is -1.12. The van der Waals surface area contributed by atoms with Crippen molar-refractivity contribution >= 4 is 5.82 Å². The maximum Gasteiger partial charge on any atom is 0.129 e. The molecular weight excluding hydrogens is 162 g/mol. The third-order valence-electron chi connectivity index (χ3n) is 1.60. The summed E-state index contributed by atoms with van der Waals surface area (Å²) in [4.78, 5) is 8.15. The smallest absolute Gasteiger partial charge is 0.129 e. The fourth-order valence-corrected chi connectivity index (χ4v) is 0.907. The lowest BCUT2D eigenvalue weighted by Gasteiger charge is -2.18. The first-order valence-corrected chi connectivity index (χ1v) is 4.50. The summed E-state index contributed by atoms with van der Waals surface area (Å²) in [5, 5.41) is 3.27. The van der Waals surface area contributed by atoms with Gasteiger partial charge in [0.15, 0.2) is 0 Å². The fourth-order valence-electron chi connectivity index (χ4n) is 0.907. The summed E-state index contributed by atoms with van der Waals surface area (Å²) in [6.07, 6.45) is 1.58. The summed E-state index contributed by atoms with van der Waals surface area (Å²) < 4.78 is 0. The minimum atomic E-state index is 0.277. The first-order valence-electron chi connectivity index (χ1n) is 4.50. The average molecular weight is 179 g/mol. The van der Waals surface area contributed by atoms with E-state index in [1.165, 1.54) is 0 Å². The second-order valence-corrected chi connectivity index (χ2v) is 4.46. The van der Waals surface area contributed by atoms with Crippen molar-refractivity contribution < 1.29 is 0 Å². The number of aromatic nitrogens is 2. The molecule has 0 aliphatic carbocycles. The fraction of sp³-hybridized carbons (Fsp3) is 0.600. The molecular formula is C10H17N3. The van der Waals surface area contributed by atoms with Crippen molar-refractivity contribution in [2.75, 3.05) is 11.9 Å². The van der Waals surface area contributed by atoms with Gasteiger partial charge in [-0.15, -0.1) is 0 Å². The van der Waals surface area contributed by atoms with E-state index in [2.05, 4.69) is 36.1 Å². The molecule has 0 bridgehead atoms. The van der Waals surface area contributed by atoms with Crippen LogP contribution in [-0.4, -0.2) is 16.5 Å².